The van der Waals surface area contributed by atoms with Gasteiger partial charge in [0, 0.05) is 16.3 Å². The van der Waals surface area contributed by atoms with Crippen LogP contribution in [0.25, 0.3) is 16.9 Å². The Kier molecular flexibility index (Phi) is 4.34. The maximum atomic E-state index is 6.06. The van der Waals surface area contributed by atoms with Crippen molar-refractivity contribution in [3.05, 3.63) is 57.0 Å². The third-order valence-electron chi connectivity index (χ3n) is 4.55. The predicted octanol–water partition coefficient (Wildman–Crippen LogP) is 6.65. The molecule has 1 aliphatic heterocycles. The molecular formula is C20H19ClN2OS2. The van der Waals surface area contributed by atoms with E-state index in [1.165, 1.54) is 11.1 Å². The van der Waals surface area contributed by atoms with Gasteiger partial charge in [-0.2, -0.15) is 0 Å². The number of fused-ring (bicyclic) bond motifs is 3. The smallest absolute Gasteiger partial charge is 0.168 e. The zero-order valence-electron chi connectivity index (χ0n) is 14.8. The Morgan fingerprint density at radius 3 is 2.62 bits per heavy atom. The van der Waals surface area contributed by atoms with Crippen molar-refractivity contribution in [2.45, 2.75) is 26.3 Å². The topological polar surface area (TPSA) is 26.2 Å². The molecule has 0 fully saturated rings. The van der Waals surface area contributed by atoms with Gasteiger partial charge in [0.25, 0.3) is 0 Å². The van der Waals surface area contributed by atoms with Crippen molar-refractivity contribution in [3.8, 4) is 22.7 Å². The number of anilines is 1. The third kappa shape index (κ3) is 2.84. The van der Waals surface area contributed by atoms with E-state index in [1.807, 2.05) is 37.3 Å². The van der Waals surface area contributed by atoms with Gasteiger partial charge in [-0.1, -0.05) is 22.9 Å². The minimum absolute atomic E-state index is 0.208. The highest BCUT2D eigenvalue weighted by atomic mass is 35.5. The molecule has 134 valence electrons. The Hall–Kier alpha value is -1.82. The van der Waals surface area contributed by atoms with Crippen molar-refractivity contribution < 1.29 is 4.74 Å². The fourth-order valence-electron chi connectivity index (χ4n) is 3.38. The summed E-state index contributed by atoms with van der Waals surface area (Å²) in [6.07, 6.45) is 0. The molecule has 4 rings (SSSR count). The average Bonchev–Trinajstić information content (AvgIpc) is 2.91. The van der Waals surface area contributed by atoms with Gasteiger partial charge in [0.2, 0.25) is 0 Å². The lowest BCUT2D eigenvalue weighted by Crippen LogP contribution is -2.31. The highest BCUT2D eigenvalue weighted by molar-refractivity contribution is 7.73. The Balaban J connectivity index is 1.97. The first kappa shape index (κ1) is 17.6. The standard InChI is InChI=1S/C20H19ClN2OS2/c1-4-24-14-9-10-15-16(11-14)20(2,3)22-18-17(15)23(19(25)26-18)13-7-5-12(21)6-8-13/h5-11,22H,4H2,1-3H3. The Bertz CT molecular complexity index is 1030. The van der Waals surface area contributed by atoms with E-state index in [2.05, 4.69) is 35.9 Å². The molecule has 2 aromatic carbocycles. The number of hydrogen-bond donors (Lipinski definition) is 1. The van der Waals surface area contributed by atoms with Crippen LogP contribution < -0.4 is 10.1 Å². The van der Waals surface area contributed by atoms with Crippen molar-refractivity contribution in [3.63, 3.8) is 0 Å². The molecule has 3 nitrogen and oxygen atoms in total. The number of ether oxygens (including phenoxy) is 1. The van der Waals surface area contributed by atoms with E-state index in [-0.39, 0.29) is 5.54 Å². The first-order valence-electron chi connectivity index (χ1n) is 8.48. The fraction of sp³-hybridized carbons (Fsp3) is 0.250. The maximum absolute atomic E-state index is 6.06. The van der Waals surface area contributed by atoms with Crippen molar-refractivity contribution in [2.24, 2.45) is 0 Å². The van der Waals surface area contributed by atoms with Crippen LogP contribution in [0.15, 0.2) is 42.5 Å². The van der Waals surface area contributed by atoms with Gasteiger partial charge in [-0.3, -0.25) is 4.57 Å². The monoisotopic (exact) mass is 402 g/mol. The molecule has 0 aliphatic carbocycles. The largest absolute Gasteiger partial charge is 0.494 e. The van der Waals surface area contributed by atoms with Gasteiger partial charge in [0.15, 0.2) is 3.95 Å². The number of nitrogens with zero attached hydrogens (tertiary/aromatic N) is 1. The Morgan fingerprint density at radius 2 is 1.92 bits per heavy atom. The molecule has 1 aromatic heterocycles. The van der Waals surface area contributed by atoms with Crippen molar-refractivity contribution in [2.75, 3.05) is 11.9 Å². The summed E-state index contributed by atoms with van der Waals surface area (Å²) in [5.41, 5.74) is 4.28. The molecule has 0 unspecified atom stereocenters. The second kappa shape index (κ2) is 6.41. The summed E-state index contributed by atoms with van der Waals surface area (Å²) in [4.78, 5) is 0. The molecule has 1 aliphatic rings. The molecule has 0 amide bonds. The quantitative estimate of drug-likeness (QED) is 0.497. The van der Waals surface area contributed by atoms with E-state index < -0.39 is 0 Å². The minimum atomic E-state index is -0.208. The lowest BCUT2D eigenvalue weighted by atomic mass is 9.85. The van der Waals surface area contributed by atoms with E-state index >= 15 is 0 Å². The van der Waals surface area contributed by atoms with Crippen LogP contribution in [0.5, 0.6) is 5.75 Å². The SMILES string of the molecule is CCOc1ccc2c(c1)C(C)(C)Nc1sc(=S)n(-c3ccc(Cl)cc3)c1-2. The molecule has 1 N–H and O–H groups in total. The van der Waals surface area contributed by atoms with E-state index in [9.17, 15) is 0 Å². The van der Waals surface area contributed by atoms with Gasteiger partial charge in [-0.05, 0) is 81.0 Å². The van der Waals surface area contributed by atoms with Crippen LogP contribution in [-0.4, -0.2) is 11.2 Å². The second-order valence-electron chi connectivity index (χ2n) is 6.75. The normalized spacial score (nSPS) is 14.3. The van der Waals surface area contributed by atoms with Crippen molar-refractivity contribution in [1.82, 2.24) is 4.57 Å². The van der Waals surface area contributed by atoms with Crippen molar-refractivity contribution in [1.29, 1.82) is 0 Å². The van der Waals surface area contributed by atoms with E-state index in [0.717, 1.165) is 26.1 Å². The van der Waals surface area contributed by atoms with Gasteiger partial charge in [0.05, 0.1) is 17.8 Å². The summed E-state index contributed by atoms with van der Waals surface area (Å²) in [5.74, 6) is 0.886. The zero-order chi connectivity index (χ0) is 18.5. The summed E-state index contributed by atoms with van der Waals surface area (Å²) in [6, 6.07) is 14.1. The van der Waals surface area contributed by atoms with Gasteiger partial charge in [-0.25, -0.2) is 0 Å². The number of hydrogen-bond acceptors (Lipinski definition) is 4. The molecule has 0 saturated heterocycles. The molecule has 0 atom stereocenters. The van der Waals surface area contributed by atoms with Crippen LogP contribution in [0.3, 0.4) is 0 Å². The molecule has 6 heteroatoms. The van der Waals surface area contributed by atoms with Crippen LogP contribution in [0.2, 0.25) is 5.02 Å². The van der Waals surface area contributed by atoms with E-state index in [4.69, 9.17) is 28.6 Å². The van der Waals surface area contributed by atoms with Crippen LogP contribution in [-0.2, 0) is 5.54 Å². The molecule has 0 spiro atoms. The molecule has 0 radical (unpaired) electrons. The molecule has 0 saturated carbocycles. The van der Waals surface area contributed by atoms with Gasteiger partial charge in [0.1, 0.15) is 10.8 Å². The third-order valence-corrected chi connectivity index (χ3v) is 6.09. The van der Waals surface area contributed by atoms with Gasteiger partial charge >= 0.3 is 0 Å². The number of rotatable bonds is 3. The number of halogens is 1. The number of nitrogens with one attached hydrogen (secondary N) is 1. The van der Waals surface area contributed by atoms with Gasteiger partial charge in [-0.15, -0.1) is 0 Å². The minimum Gasteiger partial charge on any atom is -0.494 e. The number of benzene rings is 2. The summed E-state index contributed by atoms with van der Waals surface area (Å²) in [6.45, 7) is 7.01. The summed E-state index contributed by atoms with van der Waals surface area (Å²) >= 11 is 13.4. The second-order valence-corrected chi connectivity index (χ2v) is 8.83. The summed E-state index contributed by atoms with van der Waals surface area (Å²) in [7, 11) is 0. The van der Waals surface area contributed by atoms with Crippen LogP contribution in [0, 0.1) is 3.95 Å². The highest BCUT2D eigenvalue weighted by Crippen LogP contribution is 2.48. The van der Waals surface area contributed by atoms with Crippen LogP contribution >= 0.6 is 35.2 Å². The molecule has 0 bridgehead atoms. The van der Waals surface area contributed by atoms with Gasteiger partial charge < -0.3 is 10.1 Å². The molecule has 3 aromatic rings. The molecular weight excluding hydrogens is 384 g/mol. The van der Waals surface area contributed by atoms with Crippen molar-refractivity contribution >= 4 is 40.2 Å². The fourth-order valence-corrected chi connectivity index (χ4v) is 5.02. The Morgan fingerprint density at radius 1 is 1.19 bits per heavy atom. The number of aromatic nitrogens is 1. The lowest BCUT2D eigenvalue weighted by molar-refractivity contribution is 0.339. The number of thiazole rings is 1. The molecule has 2 heterocycles. The van der Waals surface area contributed by atoms with Crippen LogP contribution in [0.1, 0.15) is 26.3 Å². The first-order chi connectivity index (χ1) is 12.4. The highest BCUT2D eigenvalue weighted by Gasteiger charge is 2.34. The lowest BCUT2D eigenvalue weighted by Gasteiger charge is -2.35. The van der Waals surface area contributed by atoms with Crippen LogP contribution in [0.4, 0.5) is 5.00 Å². The predicted molar refractivity (Wildman–Crippen MR) is 113 cm³/mol. The maximum Gasteiger partial charge on any atom is 0.168 e. The average molecular weight is 403 g/mol. The van der Waals surface area contributed by atoms with E-state index in [0.29, 0.717) is 11.6 Å². The van der Waals surface area contributed by atoms with E-state index in [1.54, 1.807) is 11.3 Å². The summed E-state index contributed by atoms with van der Waals surface area (Å²) < 4.78 is 8.65. The Labute approximate surface area is 167 Å². The first-order valence-corrected chi connectivity index (χ1v) is 10.1. The molecule has 26 heavy (non-hydrogen) atoms. The summed E-state index contributed by atoms with van der Waals surface area (Å²) in [5, 5.41) is 5.46. The zero-order valence-corrected chi connectivity index (χ0v) is 17.2.